The van der Waals surface area contributed by atoms with Gasteiger partial charge in [-0.3, -0.25) is 4.90 Å². The van der Waals surface area contributed by atoms with Gasteiger partial charge in [-0.15, -0.1) is 0 Å². The highest BCUT2D eigenvalue weighted by molar-refractivity contribution is 5.85. The summed E-state index contributed by atoms with van der Waals surface area (Å²) in [7, 11) is 0. The molecule has 0 bridgehead atoms. The minimum atomic E-state index is -0.110. The van der Waals surface area contributed by atoms with Crippen LogP contribution in [-0.2, 0) is 13.1 Å². The van der Waals surface area contributed by atoms with Crippen molar-refractivity contribution >= 4 is 10.9 Å². The third kappa shape index (κ3) is 4.24. The normalized spacial score (nSPS) is 19.3. The largest absolute Gasteiger partial charge is 0.494 e. The SMILES string of the molecule is CCCCOc1ccc2c(c1)c(CN1CCC(O)CC1)cn2CC1CC1. The average Bonchev–Trinajstić information content (AvgIpc) is 3.40. The average molecular weight is 357 g/mol. The molecule has 1 saturated carbocycles. The Kier molecular flexibility index (Phi) is 5.51. The van der Waals surface area contributed by atoms with Gasteiger partial charge in [0.15, 0.2) is 0 Å². The van der Waals surface area contributed by atoms with Crippen molar-refractivity contribution in [1.29, 1.82) is 0 Å². The predicted octanol–water partition coefficient (Wildman–Crippen LogP) is 4.19. The van der Waals surface area contributed by atoms with E-state index in [1.54, 1.807) is 0 Å². The van der Waals surface area contributed by atoms with Crippen LogP contribution in [0.1, 0.15) is 51.0 Å². The van der Waals surface area contributed by atoms with Crippen LogP contribution in [0.25, 0.3) is 10.9 Å². The topological polar surface area (TPSA) is 37.6 Å². The Morgan fingerprint density at radius 1 is 1.15 bits per heavy atom. The van der Waals surface area contributed by atoms with E-state index < -0.39 is 0 Å². The first kappa shape index (κ1) is 17.9. The van der Waals surface area contributed by atoms with Gasteiger partial charge in [0, 0.05) is 43.3 Å². The molecule has 26 heavy (non-hydrogen) atoms. The first-order valence-electron chi connectivity index (χ1n) is 10.4. The number of aliphatic hydroxyl groups is 1. The van der Waals surface area contributed by atoms with Crippen LogP contribution < -0.4 is 4.74 Å². The summed E-state index contributed by atoms with van der Waals surface area (Å²) in [5.41, 5.74) is 2.74. The number of aliphatic hydroxyl groups excluding tert-OH is 1. The van der Waals surface area contributed by atoms with Crippen molar-refractivity contribution in [3.8, 4) is 5.75 Å². The second-order valence-electron chi connectivity index (χ2n) is 8.14. The Morgan fingerprint density at radius 2 is 1.96 bits per heavy atom. The van der Waals surface area contributed by atoms with E-state index in [-0.39, 0.29) is 6.10 Å². The van der Waals surface area contributed by atoms with Gasteiger partial charge >= 0.3 is 0 Å². The van der Waals surface area contributed by atoms with Gasteiger partial charge in [-0.25, -0.2) is 0 Å². The van der Waals surface area contributed by atoms with Crippen molar-refractivity contribution in [2.75, 3.05) is 19.7 Å². The molecule has 4 rings (SSSR count). The molecule has 1 aromatic heterocycles. The molecule has 0 unspecified atom stereocenters. The minimum Gasteiger partial charge on any atom is -0.494 e. The summed E-state index contributed by atoms with van der Waals surface area (Å²) in [5.74, 6) is 1.86. The number of ether oxygens (including phenoxy) is 1. The van der Waals surface area contributed by atoms with E-state index in [2.05, 4.69) is 40.8 Å². The molecule has 0 amide bonds. The van der Waals surface area contributed by atoms with Crippen LogP contribution in [0.2, 0.25) is 0 Å². The van der Waals surface area contributed by atoms with E-state index in [4.69, 9.17) is 4.74 Å². The van der Waals surface area contributed by atoms with Crippen molar-refractivity contribution in [2.45, 2.75) is 64.6 Å². The first-order valence-corrected chi connectivity index (χ1v) is 10.4. The van der Waals surface area contributed by atoms with Gasteiger partial charge in [-0.2, -0.15) is 0 Å². The second-order valence-corrected chi connectivity index (χ2v) is 8.14. The fourth-order valence-electron chi connectivity index (χ4n) is 3.95. The highest BCUT2D eigenvalue weighted by atomic mass is 16.5. The monoisotopic (exact) mass is 356 g/mol. The first-order chi connectivity index (χ1) is 12.7. The lowest BCUT2D eigenvalue weighted by atomic mass is 10.1. The van der Waals surface area contributed by atoms with Crippen LogP contribution in [0.5, 0.6) is 5.75 Å². The van der Waals surface area contributed by atoms with Crippen molar-refractivity contribution < 1.29 is 9.84 Å². The summed E-state index contributed by atoms with van der Waals surface area (Å²) in [4.78, 5) is 2.48. The Balaban J connectivity index is 1.57. The smallest absolute Gasteiger partial charge is 0.120 e. The van der Waals surface area contributed by atoms with E-state index in [0.717, 1.165) is 70.1 Å². The summed E-state index contributed by atoms with van der Waals surface area (Å²) in [6.45, 7) is 7.08. The zero-order valence-electron chi connectivity index (χ0n) is 16.0. The molecule has 2 heterocycles. The number of piperidine rings is 1. The van der Waals surface area contributed by atoms with Gasteiger partial charge < -0.3 is 14.4 Å². The molecule has 2 aromatic rings. The lowest BCUT2D eigenvalue weighted by molar-refractivity contribution is 0.0794. The highest BCUT2D eigenvalue weighted by Gasteiger charge is 2.24. The lowest BCUT2D eigenvalue weighted by Gasteiger charge is -2.29. The molecule has 0 atom stereocenters. The molecule has 4 nitrogen and oxygen atoms in total. The number of hydrogen-bond acceptors (Lipinski definition) is 3. The van der Waals surface area contributed by atoms with E-state index in [9.17, 15) is 5.11 Å². The van der Waals surface area contributed by atoms with Crippen LogP contribution in [0, 0.1) is 5.92 Å². The van der Waals surface area contributed by atoms with Gasteiger partial charge in [0.1, 0.15) is 5.75 Å². The van der Waals surface area contributed by atoms with E-state index in [1.807, 2.05) is 0 Å². The van der Waals surface area contributed by atoms with Gasteiger partial charge in [-0.05, 0) is 61.8 Å². The molecular weight excluding hydrogens is 324 g/mol. The van der Waals surface area contributed by atoms with Gasteiger partial charge in [0.25, 0.3) is 0 Å². The number of unbranched alkanes of at least 4 members (excludes halogenated alkanes) is 1. The third-order valence-electron chi connectivity index (χ3n) is 5.80. The van der Waals surface area contributed by atoms with Crippen molar-refractivity contribution in [3.63, 3.8) is 0 Å². The molecule has 1 aliphatic heterocycles. The lowest BCUT2D eigenvalue weighted by Crippen LogP contribution is -2.35. The van der Waals surface area contributed by atoms with E-state index >= 15 is 0 Å². The molecule has 0 radical (unpaired) electrons. The molecule has 1 aliphatic carbocycles. The molecule has 4 heteroatoms. The molecule has 1 saturated heterocycles. The van der Waals surface area contributed by atoms with Crippen molar-refractivity contribution in [1.82, 2.24) is 9.47 Å². The van der Waals surface area contributed by atoms with Crippen LogP contribution in [0.3, 0.4) is 0 Å². The number of benzene rings is 1. The van der Waals surface area contributed by atoms with Crippen LogP contribution in [-0.4, -0.2) is 40.4 Å². The zero-order chi connectivity index (χ0) is 17.9. The molecule has 2 fully saturated rings. The fourth-order valence-corrected chi connectivity index (χ4v) is 3.95. The van der Waals surface area contributed by atoms with Crippen LogP contribution in [0.4, 0.5) is 0 Å². The number of likely N-dealkylation sites (tertiary alicyclic amines) is 1. The maximum absolute atomic E-state index is 9.77. The minimum absolute atomic E-state index is 0.110. The number of aromatic nitrogens is 1. The van der Waals surface area contributed by atoms with Gasteiger partial charge in [-0.1, -0.05) is 13.3 Å². The Hall–Kier alpha value is -1.52. The fraction of sp³-hybridized carbons (Fsp3) is 0.636. The van der Waals surface area contributed by atoms with Gasteiger partial charge in [0.2, 0.25) is 0 Å². The highest BCUT2D eigenvalue weighted by Crippen LogP contribution is 2.34. The summed E-state index contributed by atoms with van der Waals surface area (Å²) in [5, 5.41) is 11.1. The molecule has 2 aliphatic rings. The summed E-state index contributed by atoms with van der Waals surface area (Å²) in [6.07, 6.45) is 9.05. The van der Waals surface area contributed by atoms with Crippen molar-refractivity contribution in [2.24, 2.45) is 5.92 Å². The standard InChI is InChI=1S/C22H32N2O2/c1-2-3-12-26-20-6-7-22-21(13-20)18(16-24(22)14-17-4-5-17)15-23-10-8-19(25)9-11-23/h6-7,13,16-17,19,25H,2-5,8-12,14-15H2,1H3. The predicted molar refractivity (Wildman–Crippen MR) is 106 cm³/mol. The summed E-state index contributed by atoms with van der Waals surface area (Å²) >= 11 is 0. The molecule has 1 N–H and O–H groups in total. The van der Waals surface area contributed by atoms with Crippen LogP contribution in [0.15, 0.2) is 24.4 Å². The molecule has 0 spiro atoms. The third-order valence-corrected chi connectivity index (χ3v) is 5.80. The maximum Gasteiger partial charge on any atom is 0.120 e. The Morgan fingerprint density at radius 3 is 2.69 bits per heavy atom. The second kappa shape index (κ2) is 8.01. The molecular formula is C22H32N2O2. The van der Waals surface area contributed by atoms with Crippen LogP contribution >= 0.6 is 0 Å². The number of rotatable bonds is 8. The Labute approximate surface area is 156 Å². The van der Waals surface area contributed by atoms with E-state index in [0.29, 0.717) is 0 Å². The van der Waals surface area contributed by atoms with Gasteiger partial charge in [0.05, 0.1) is 12.7 Å². The number of hydrogen-bond donors (Lipinski definition) is 1. The van der Waals surface area contributed by atoms with Crippen molar-refractivity contribution in [3.05, 3.63) is 30.0 Å². The molecule has 142 valence electrons. The molecule has 1 aromatic carbocycles. The summed E-state index contributed by atoms with van der Waals surface area (Å²) < 4.78 is 8.42. The zero-order valence-corrected chi connectivity index (χ0v) is 16.0. The Bertz CT molecular complexity index is 727. The quantitative estimate of drug-likeness (QED) is 0.721. The van der Waals surface area contributed by atoms with E-state index in [1.165, 1.54) is 29.3 Å². The summed E-state index contributed by atoms with van der Waals surface area (Å²) in [6, 6.07) is 6.60. The number of nitrogens with zero attached hydrogens (tertiary/aromatic N) is 2. The maximum atomic E-state index is 9.77. The number of fused-ring (bicyclic) bond motifs is 1.